The summed E-state index contributed by atoms with van der Waals surface area (Å²) in [7, 11) is 0. The number of aromatic amines is 1. The Labute approximate surface area is 81.1 Å². The Morgan fingerprint density at radius 2 is 2.07 bits per heavy atom. The Balaban J connectivity index is 3.33. The van der Waals surface area contributed by atoms with Crippen LogP contribution in [0.25, 0.3) is 0 Å². The molecule has 5 nitrogen and oxygen atoms in total. The summed E-state index contributed by atoms with van der Waals surface area (Å²) in [5.41, 5.74) is -3.81. The predicted octanol–water partition coefficient (Wildman–Crippen LogP) is 0.00390. The van der Waals surface area contributed by atoms with Crippen molar-refractivity contribution in [2.45, 2.75) is 13.1 Å². The molecular formula is C7H7F3N2O3. The Hall–Kier alpha value is -1.73. The smallest absolute Gasteiger partial charge is 0.406 e. The first kappa shape index (κ1) is 11.3. The molecule has 0 bridgehead atoms. The maximum atomic E-state index is 12.1. The predicted molar refractivity (Wildman–Crippen MR) is 43.4 cm³/mol. The summed E-state index contributed by atoms with van der Waals surface area (Å²) in [4.78, 5) is 28.0. The van der Waals surface area contributed by atoms with Crippen LogP contribution in [-0.2, 0) is 6.18 Å². The zero-order valence-electron chi connectivity index (χ0n) is 7.59. The standard InChI is InChI=1S/C7H7F3N2O3/c1-2-15-12-5(13)3-4(7(8,9)10)11-6(12)14/h3H,2H2,1H3,(H,11,14). The second-order valence-corrected chi connectivity index (χ2v) is 2.54. The summed E-state index contributed by atoms with van der Waals surface area (Å²) >= 11 is 0. The van der Waals surface area contributed by atoms with Crippen molar-refractivity contribution in [3.8, 4) is 0 Å². The lowest BCUT2D eigenvalue weighted by Gasteiger charge is -2.08. The van der Waals surface area contributed by atoms with Gasteiger partial charge in [-0.25, -0.2) is 4.79 Å². The summed E-state index contributed by atoms with van der Waals surface area (Å²) < 4.78 is 36.6. The van der Waals surface area contributed by atoms with Gasteiger partial charge in [0.25, 0.3) is 5.56 Å². The molecule has 15 heavy (non-hydrogen) atoms. The first-order valence-corrected chi connectivity index (χ1v) is 3.93. The van der Waals surface area contributed by atoms with Crippen molar-refractivity contribution >= 4 is 0 Å². The SMILES string of the molecule is CCOn1c(=O)cc(C(F)(F)F)[nH]c1=O. The van der Waals surface area contributed by atoms with E-state index in [2.05, 4.69) is 4.84 Å². The molecule has 0 aromatic carbocycles. The van der Waals surface area contributed by atoms with Crippen molar-refractivity contribution in [3.63, 3.8) is 0 Å². The summed E-state index contributed by atoms with van der Waals surface area (Å²) in [6.07, 6.45) is -4.76. The molecule has 0 aliphatic carbocycles. The topological polar surface area (TPSA) is 64.1 Å². The zero-order valence-corrected chi connectivity index (χ0v) is 7.59. The third-order valence-electron chi connectivity index (χ3n) is 1.46. The highest BCUT2D eigenvalue weighted by molar-refractivity contribution is 5.03. The average Bonchev–Trinajstić information content (AvgIpc) is 2.09. The van der Waals surface area contributed by atoms with Crippen LogP contribution in [-0.4, -0.2) is 16.3 Å². The molecule has 0 saturated carbocycles. The number of nitrogens with zero attached hydrogens (tertiary/aromatic N) is 1. The Morgan fingerprint density at radius 3 is 2.47 bits per heavy atom. The Morgan fingerprint density at radius 1 is 1.47 bits per heavy atom. The molecule has 0 aliphatic heterocycles. The van der Waals surface area contributed by atoms with Gasteiger partial charge in [-0.1, -0.05) is 4.73 Å². The van der Waals surface area contributed by atoms with Crippen LogP contribution in [0.15, 0.2) is 15.7 Å². The minimum atomic E-state index is -4.76. The number of H-pyrrole nitrogens is 1. The average molecular weight is 224 g/mol. The lowest BCUT2D eigenvalue weighted by atomic mass is 10.4. The molecule has 1 aromatic rings. The van der Waals surface area contributed by atoms with Crippen molar-refractivity contribution in [1.29, 1.82) is 0 Å². The summed E-state index contributed by atoms with van der Waals surface area (Å²) in [5, 5.41) is 0. The molecule has 0 atom stereocenters. The number of rotatable bonds is 2. The molecule has 0 aliphatic rings. The van der Waals surface area contributed by atoms with E-state index < -0.39 is 23.1 Å². The highest BCUT2D eigenvalue weighted by Crippen LogP contribution is 2.25. The van der Waals surface area contributed by atoms with Gasteiger partial charge >= 0.3 is 11.9 Å². The Kier molecular flexibility index (Phi) is 2.87. The van der Waals surface area contributed by atoms with Gasteiger partial charge in [-0.05, 0) is 6.92 Å². The zero-order chi connectivity index (χ0) is 11.6. The van der Waals surface area contributed by atoms with Gasteiger partial charge in [0.15, 0.2) is 0 Å². The largest absolute Gasteiger partial charge is 0.431 e. The van der Waals surface area contributed by atoms with Crippen LogP contribution in [0.2, 0.25) is 0 Å². The molecule has 0 saturated heterocycles. The molecule has 1 aromatic heterocycles. The van der Waals surface area contributed by atoms with Gasteiger partial charge < -0.3 is 9.82 Å². The Bertz CT molecular complexity index is 429. The highest BCUT2D eigenvalue weighted by atomic mass is 19.4. The minimum Gasteiger partial charge on any atom is -0.406 e. The van der Waals surface area contributed by atoms with Crippen molar-refractivity contribution in [2.75, 3.05) is 6.61 Å². The van der Waals surface area contributed by atoms with Gasteiger partial charge in [0.05, 0.1) is 0 Å². The van der Waals surface area contributed by atoms with E-state index in [0.717, 1.165) is 0 Å². The molecule has 0 amide bonds. The third kappa shape index (κ3) is 2.39. The van der Waals surface area contributed by atoms with Crippen LogP contribution in [0.1, 0.15) is 12.6 Å². The fourth-order valence-electron chi connectivity index (χ4n) is 0.888. The molecule has 1 rings (SSSR count). The van der Waals surface area contributed by atoms with Crippen LogP contribution < -0.4 is 16.1 Å². The van der Waals surface area contributed by atoms with Crippen LogP contribution in [0.4, 0.5) is 13.2 Å². The van der Waals surface area contributed by atoms with Gasteiger partial charge in [-0.2, -0.15) is 13.2 Å². The maximum Gasteiger partial charge on any atom is 0.431 e. The normalized spacial score (nSPS) is 11.5. The van der Waals surface area contributed by atoms with E-state index in [0.29, 0.717) is 0 Å². The van der Waals surface area contributed by atoms with Crippen LogP contribution in [0.3, 0.4) is 0 Å². The van der Waals surface area contributed by atoms with Gasteiger partial charge in [0.2, 0.25) is 0 Å². The summed E-state index contributed by atoms with van der Waals surface area (Å²) in [5.74, 6) is 0. The molecule has 1 N–H and O–H groups in total. The number of hydrogen-bond acceptors (Lipinski definition) is 3. The summed E-state index contributed by atoms with van der Waals surface area (Å²) in [6, 6.07) is 0.261. The van der Waals surface area contributed by atoms with E-state index in [-0.39, 0.29) is 17.4 Å². The molecule has 0 radical (unpaired) electrons. The van der Waals surface area contributed by atoms with E-state index in [9.17, 15) is 22.8 Å². The molecular weight excluding hydrogens is 217 g/mol. The molecule has 1 heterocycles. The molecule has 8 heteroatoms. The van der Waals surface area contributed by atoms with Crippen LogP contribution in [0, 0.1) is 0 Å². The van der Waals surface area contributed by atoms with Gasteiger partial charge in [-0.3, -0.25) is 4.79 Å². The maximum absolute atomic E-state index is 12.1. The number of nitrogens with one attached hydrogen (secondary N) is 1. The van der Waals surface area contributed by atoms with Crippen molar-refractivity contribution in [1.82, 2.24) is 9.71 Å². The van der Waals surface area contributed by atoms with E-state index in [1.54, 1.807) is 0 Å². The number of hydrogen-bond donors (Lipinski definition) is 1. The first-order valence-electron chi connectivity index (χ1n) is 3.93. The van der Waals surface area contributed by atoms with Crippen molar-refractivity contribution < 1.29 is 18.0 Å². The van der Waals surface area contributed by atoms with Crippen LogP contribution in [0.5, 0.6) is 0 Å². The number of halogens is 3. The lowest BCUT2D eigenvalue weighted by molar-refractivity contribution is -0.141. The second-order valence-electron chi connectivity index (χ2n) is 2.54. The molecule has 84 valence electrons. The molecule has 0 spiro atoms. The first-order chi connectivity index (χ1) is 6.86. The monoisotopic (exact) mass is 224 g/mol. The molecule has 0 unspecified atom stereocenters. The third-order valence-corrected chi connectivity index (χ3v) is 1.46. The fraction of sp³-hybridized carbons (Fsp3) is 0.429. The van der Waals surface area contributed by atoms with Gasteiger partial charge in [-0.15, -0.1) is 0 Å². The fourth-order valence-corrected chi connectivity index (χ4v) is 0.888. The van der Waals surface area contributed by atoms with Crippen LogP contribution >= 0.6 is 0 Å². The van der Waals surface area contributed by atoms with E-state index >= 15 is 0 Å². The lowest BCUT2D eigenvalue weighted by Crippen LogP contribution is -2.41. The van der Waals surface area contributed by atoms with E-state index in [1.165, 1.54) is 11.9 Å². The van der Waals surface area contributed by atoms with Crippen molar-refractivity contribution in [3.05, 3.63) is 32.6 Å². The van der Waals surface area contributed by atoms with E-state index in [1.807, 2.05) is 0 Å². The van der Waals surface area contributed by atoms with Crippen molar-refractivity contribution in [2.24, 2.45) is 0 Å². The van der Waals surface area contributed by atoms with Gasteiger partial charge in [0, 0.05) is 6.07 Å². The quantitative estimate of drug-likeness (QED) is 0.769. The number of alkyl halides is 3. The van der Waals surface area contributed by atoms with Gasteiger partial charge in [0.1, 0.15) is 12.3 Å². The number of aromatic nitrogens is 2. The highest BCUT2D eigenvalue weighted by Gasteiger charge is 2.33. The second kappa shape index (κ2) is 3.79. The summed E-state index contributed by atoms with van der Waals surface area (Å²) in [6.45, 7) is 1.48. The van der Waals surface area contributed by atoms with E-state index in [4.69, 9.17) is 0 Å². The minimum absolute atomic E-state index is 0.00560. The molecule has 0 fully saturated rings.